The van der Waals surface area contributed by atoms with Crippen molar-refractivity contribution in [2.24, 2.45) is 11.5 Å². The molecule has 3 rings (SSSR count). The van der Waals surface area contributed by atoms with Crippen LogP contribution in [0, 0.1) is 0 Å². The highest BCUT2D eigenvalue weighted by Crippen LogP contribution is 2.40. The molecule has 1 fully saturated rings. The fourth-order valence-corrected chi connectivity index (χ4v) is 4.50. The van der Waals surface area contributed by atoms with Crippen LogP contribution in [0.1, 0.15) is 18.5 Å². The maximum Gasteiger partial charge on any atom is 0.352 e. The third-order valence-corrected chi connectivity index (χ3v) is 6.01. The predicted molar refractivity (Wildman–Crippen MR) is 109 cm³/mol. The average molecular weight is 422 g/mol. The van der Waals surface area contributed by atoms with Gasteiger partial charge in [-0.25, -0.2) is 4.79 Å². The van der Waals surface area contributed by atoms with Crippen molar-refractivity contribution in [1.82, 2.24) is 10.2 Å². The molecule has 0 bridgehead atoms. The zero-order chi connectivity index (χ0) is 20.6. The summed E-state index contributed by atoms with van der Waals surface area (Å²) in [6.07, 6.45) is 0. The van der Waals surface area contributed by atoms with Gasteiger partial charge in [0.1, 0.15) is 23.2 Å². The summed E-state index contributed by atoms with van der Waals surface area (Å²) in [6, 6.07) is 4.89. The van der Waals surface area contributed by atoms with Crippen LogP contribution >= 0.6 is 24.0 Å². The van der Waals surface area contributed by atoms with Crippen LogP contribution in [0.3, 0.4) is 0 Å². The normalized spacial score (nSPS) is 22.1. The second-order valence-corrected chi connectivity index (χ2v) is 7.96. The molecule has 0 aromatic heterocycles. The van der Waals surface area contributed by atoms with Crippen molar-refractivity contribution in [2.45, 2.75) is 24.4 Å². The van der Waals surface area contributed by atoms with Crippen LogP contribution in [0.2, 0.25) is 0 Å². The summed E-state index contributed by atoms with van der Waals surface area (Å²) < 4.78 is 0. The number of nitrogens with one attached hydrogen (secondary N) is 2. The van der Waals surface area contributed by atoms with Gasteiger partial charge in [0.2, 0.25) is 5.91 Å². The fourth-order valence-electron chi connectivity index (χ4n) is 3.09. The number of hydrogen-bond acceptors (Lipinski definition) is 6. The molecule has 0 spiro atoms. The first-order valence-corrected chi connectivity index (χ1v) is 9.76. The predicted octanol–water partition coefficient (Wildman–Crippen LogP) is 0.100. The van der Waals surface area contributed by atoms with E-state index in [1.165, 1.54) is 16.7 Å². The Morgan fingerprint density at radius 2 is 2.00 bits per heavy atom. The first kappa shape index (κ1) is 20.1. The minimum Gasteiger partial charge on any atom is -0.477 e. The molecule has 0 radical (unpaired) electrons. The standard InChI is InChI=1S/C17H19N5O4S2/c1-7-6-28-15-11(14(24)22(15)12(7)16(25)26)21-13(23)10(18)8-2-4-9(5-3-8)20-17(19)27/h2-5,10-11,15H,6,18H2,1H3,(H,21,23)(H,25,26)(H3,19,20,27)/t10?,11?,15-/m1/s1. The topological polar surface area (TPSA) is 151 Å². The zero-order valence-electron chi connectivity index (χ0n) is 14.8. The van der Waals surface area contributed by atoms with Crippen LogP contribution in [-0.2, 0) is 14.4 Å². The Kier molecular flexibility index (Phi) is 5.59. The lowest BCUT2D eigenvalue weighted by molar-refractivity contribution is -0.150. The van der Waals surface area contributed by atoms with Crippen molar-refractivity contribution < 1.29 is 19.5 Å². The molecule has 3 atom stereocenters. The molecular formula is C17H19N5O4S2. The van der Waals surface area contributed by atoms with Crippen LogP contribution in [0.4, 0.5) is 5.69 Å². The smallest absolute Gasteiger partial charge is 0.352 e. The molecule has 9 nitrogen and oxygen atoms in total. The van der Waals surface area contributed by atoms with E-state index in [9.17, 15) is 19.5 Å². The third kappa shape index (κ3) is 3.68. The second-order valence-electron chi connectivity index (χ2n) is 6.42. The van der Waals surface area contributed by atoms with Gasteiger partial charge in [-0.05, 0) is 42.4 Å². The maximum atomic E-state index is 12.5. The summed E-state index contributed by atoms with van der Waals surface area (Å²) in [7, 11) is 0. The molecule has 28 heavy (non-hydrogen) atoms. The van der Waals surface area contributed by atoms with Crippen LogP contribution in [0.15, 0.2) is 35.5 Å². The molecule has 2 aliphatic heterocycles. The molecule has 2 amide bonds. The maximum absolute atomic E-state index is 12.5. The van der Waals surface area contributed by atoms with Crippen molar-refractivity contribution in [3.05, 3.63) is 41.1 Å². The molecule has 7 N–H and O–H groups in total. The molecule has 2 heterocycles. The second kappa shape index (κ2) is 7.78. The number of nitrogens with zero attached hydrogens (tertiary/aromatic N) is 1. The highest BCUT2D eigenvalue weighted by molar-refractivity contribution is 8.00. The summed E-state index contributed by atoms with van der Waals surface area (Å²) in [4.78, 5) is 37.6. The summed E-state index contributed by atoms with van der Waals surface area (Å²) in [5.74, 6) is -1.64. The van der Waals surface area contributed by atoms with Crippen molar-refractivity contribution in [1.29, 1.82) is 0 Å². The third-order valence-electron chi connectivity index (χ3n) is 4.48. The number of carboxylic acids is 1. The van der Waals surface area contributed by atoms with Gasteiger partial charge in [0.15, 0.2) is 5.11 Å². The van der Waals surface area contributed by atoms with Gasteiger partial charge in [0, 0.05) is 11.4 Å². The lowest BCUT2D eigenvalue weighted by Crippen LogP contribution is -2.71. The number of fused-ring (bicyclic) bond motifs is 1. The first-order chi connectivity index (χ1) is 13.2. The minimum atomic E-state index is -1.15. The Morgan fingerprint density at radius 3 is 2.57 bits per heavy atom. The highest BCUT2D eigenvalue weighted by atomic mass is 32.2. The lowest BCUT2D eigenvalue weighted by atomic mass is 10.0. The van der Waals surface area contributed by atoms with Crippen LogP contribution in [0.5, 0.6) is 0 Å². The van der Waals surface area contributed by atoms with Gasteiger partial charge in [0.25, 0.3) is 5.91 Å². The van der Waals surface area contributed by atoms with Crippen molar-refractivity contribution in [3.63, 3.8) is 0 Å². The average Bonchev–Trinajstić information content (AvgIpc) is 2.65. The number of carbonyl (C=O) groups is 3. The van der Waals surface area contributed by atoms with Crippen molar-refractivity contribution in [2.75, 3.05) is 11.1 Å². The zero-order valence-corrected chi connectivity index (χ0v) is 16.5. The van der Waals surface area contributed by atoms with Gasteiger partial charge in [-0.2, -0.15) is 0 Å². The van der Waals surface area contributed by atoms with Gasteiger partial charge in [-0.1, -0.05) is 12.1 Å². The Labute approximate surface area is 170 Å². The van der Waals surface area contributed by atoms with Crippen molar-refractivity contribution in [3.8, 4) is 0 Å². The van der Waals surface area contributed by atoms with E-state index in [-0.39, 0.29) is 10.8 Å². The Hall–Kier alpha value is -2.63. The number of carbonyl (C=O) groups excluding carboxylic acids is 2. The van der Waals surface area contributed by atoms with E-state index >= 15 is 0 Å². The van der Waals surface area contributed by atoms with Crippen LogP contribution < -0.4 is 22.1 Å². The highest BCUT2D eigenvalue weighted by Gasteiger charge is 2.53. The summed E-state index contributed by atoms with van der Waals surface area (Å²) in [5.41, 5.74) is 13.2. The minimum absolute atomic E-state index is 0.00976. The number of aliphatic carboxylic acids is 1. The molecule has 2 unspecified atom stereocenters. The number of hydrogen-bond donors (Lipinski definition) is 5. The molecule has 11 heteroatoms. The van der Waals surface area contributed by atoms with Gasteiger partial charge >= 0.3 is 5.97 Å². The van der Waals surface area contributed by atoms with E-state index < -0.39 is 35.2 Å². The number of nitrogens with two attached hydrogens (primary N) is 2. The van der Waals surface area contributed by atoms with Gasteiger partial charge in [-0.15, -0.1) is 11.8 Å². The van der Waals surface area contributed by atoms with Crippen LogP contribution in [-0.4, -0.2) is 50.1 Å². The molecule has 148 valence electrons. The largest absolute Gasteiger partial charge is 0.477 e. The number of anilines is 1. The quantitative estimate of drug-likeness (QED) is 0.329. The summed E-state index contributed by atoms with van der Waals surface area (Å²) >= 11 is 6.17. The van der Waals surface area contributed by atoms with Gasteiger partial charge < -0.3 is 27.2 Å². The Balaban J connectivity index is 1.66. The summed E-state index contributed by atoms with van der Waals surface area (Å²) in [6.45, 7) is 1.68. The molecule has 0 saturated carbocycles. The number of benzene rings is 1. The van der Waals surface area contributed by atoms with Crippen molar-refractivity contribution >= 4 is 52.6 Å². The summed E-state index contributed by atoms with van der Waals surface area (Å²) in [5, 5.41) is 14.4. The molecule has 2 aliphatic rings. The van der Waals surface area contributed by atoms with E-state index in [2.05, 4.69) is 10.6 Å². The molecule has 0 aliphatic carbocycles. The van der Waals surface area contributed by atoms with Gasteiger partial charge in [0.05, 0.1) is 0 Å². The van der Waals surface area contributed by atoms with Crippen LogP contribution in [0.25, 0.3) is 0 Å². The van der Waals surface area contributed by atoms with E-state index in [1.54, 1.807) is 31.2 Å². The van der Waals surface area contributed by atoms with E-state index in [0.717, 1.165) is 0 Å². The molecule has 1 aromatic rings. The van der Waals surface area contributed by atoms with Gasteiger partial charge in [-0.3, -0.25) is 14.5 Å². The Morgan fingerprint density at radius 1 is 1.36 bits per heavy atom. The molecular weight excluding hydrogens is 402 g/mol. The first-order valence-electron chi connectivity index (χ1n) is 8.30. The molecule has 1 saturated heterocycles. The SMILES string of the molecule is CC1=C(C(=O)O)N2C(=O)C(NC(=O)C(N)c3ccc(NC(N)=S)cc3)[C@H]2SC1. The number of amides is 2. The molecule has 1 aromatic carbocycles. The number of rotatable bonds is 5. The number of carboxylic acid groups (broad SMARTS) is 1. The fraction of sp³-hybridized carbons (Fsp3) is 0.294. The number of β-lactam (4-membered cyclic amide) rings is 1. The lowest BCUT2D eigenvalue weighted by Gasteiger charge is -2.49. The van der Waals surface area contributed by atoms with E-state index in [1.807, 2.05) is 0 Å². The van der Waals surface area contributed by atoms with E-state index in [0.29, 0.717) is 22.6 Å². The number of thioether (sulfide) groups is 1. The monoisotopic (exact) mass is 421 g/mol. The van der Waals surface area contributed by atoms with E-state index in [4.69, 9.17) is 23.7 Å². The number of thiocarbonyl (C=S) groups is 1. The Bertz CT molecular complexity index is 886.